The molecule has 0 unspecified atom stereocenters. The molecule has 8 heteroatoms. The molecule has 28 heavy (non-hydrogen) atoms. The fourth-order valence-corrected chi connectivity index (χ4v) is 3.28. The van der Waals surface area contributed by atoms with Gasteiger partial charge in [-0.25, -0.2) is 4.68 Å². The van der Waals surface area contributed by atoms with Crippen molar-refractivity contribution in [2.45, 2.75) is 20.0 Å². The topological polar surface area (TPSA) is 82.2 Å². The Hall–Kier alpha value is -3.39. The van der Waals surface area contributed by atoms with Gasteiger partial charge < -0.3 is 14.5 Å². The highest BCUT2D eigenvalue weighted by molar-refractivity contribution is 7.13. The molecule has 0 fully saturated rings. The summed E-state index contributed by atoms with van der Waals surface area (Å²) in [5, 5.41) is 9.28. The number of carbonyl (C=O) groups excluding carboxylic acids is 1. The summed E-state index contributed by atoms with van der Waals surface area (Å²) in [6.45, 7) is 3.87. The van der Waals surface area contributed by atoms with Crippen LogP contribution < -0.4 is 10.1 Å². The molecule has 0 bridgehead atoms. The number of nitrogens with one attached hydrogen (secondary N) is 1. The van der Waals surface area contributed by atoms with E-state index in [0.29, 0.717) is 17.5 Å². The van der Waals surface area contributed by atoms with Crippen LogP contribution >= 0.6 is 11.3 Å². The largest absolute Gasteiger partial charge is 0.460 e. The number of hydrogen-bond donors (Lipinski definition) is 1. The Morgan fingerprint density at radius 1 is 1.18 bits per heavy atom. The second-order valence-corrected chi connectivity index (χ2v) is 7.20. The Labute approximate surface area is 165 Å². The van der Waals surface area contributed by atoms with Gasteiger partial charge in [0.05, 0.1) is 22.9 Å². The van der Waals surface area contributed by atoms with E-state index in [4.69, 9.17) is 9.15 Å². The van der Waals surface area contributed by atoms with Gasteiger partial charge in [0.1, 0.15) is 0 Å². The van der Waals surface area contributed by atoms with Crippen LogP contribution in [-0.2, 0) is 0 Å². The summed E-state index contributed by atoms with van der Waals surface area (Å²) >= 11 is 1.58. The summed E-state index contributed by atoms with van der Waals surface area (Å²) < 4.78 is 12.5. The van der Waals surface area contributed by atoms with Crippen molar-refractivity contribution in [3.8, 4) is 22.4 Å². The van der Waals surface area contributed by atoms with Crippen molar-refractivity contribution in [3.63, 3.8) is 0 Å². The van der Waals surface area contributed by atoms with Crippen LogP contribution in [0, 0.1) is 0 Å². The lowest BCUT2D eigenvalue weighted by Gasteiger charge is -2.07. The minimum Gasteiger partial charge on any atom is -0.460 e. The number of benzene rings is 1. The molecule has 3 heterocycles. The zero-order valence-electron chi connectivity index (χ0n) is 15.3. The first-order valence-corrected chi connectivity index (χ1v) is 9.61. The van der Waals surface area contributed by atoms with Gasteiger partial charge in [-0.15, -0.1) is 16.4 Å². The molecule has 1 N–H and O–H groups in total. The summed E-state index contributed by atoms with van der Waals surface area (Å²) in [5.74, 6) is 0.666. The lowest BCUT2D eigenvalue weighted by atomic mass is 10.2. The van der Waals surface area contributed by atoms with Gasteiger partial charge in [-0.2, -0.15) is 4.98 Å². The van der Waals surface area contributed by atoms with Gasteiger partial charge in [-0.3, -0.25) is 4.79 Å². The average Bonchev–Trinajstić information content (AvgIpc) is 3.43. The zero-order valence-corrected chi connectivity index (χ0v) is 16.1. The third-order valence-corrected chi connectivity index (χ3v) is 4.65. The van der Waals surface area contributed by atoms with E-state index >= 15 is 0 Å². The van der Waals surface area contributed by atoms with Gasteiger partial charge >= 0.3 is 6.01 Å². The van der Waals surface area contributed by atoms with Gasteiger partial charge in [0.2, 0.25) is 0 Å². The molecule has 4 rings (SSSR count). The fourth-order valence-electron chi connectivity index (χ4n) is 2.59. The van der Waals surface area contributed by atoms with Crippen molar-refractivity contribution < 1.29 is 13.9 Å². The van der Waals surface area contributed by atoms with E-state index in [1.807, 2.05) is 43.5 Å². The first-order valence-electron chi connectivity index (χ1n) is 8.73. The lowest BCUT2D eigenvalue weighted by molar-refractivity contribution is 0.0996. The summed E-state index contributed by atoms with van der Waals surface area (Å²) in [6.07, 6.45) is 1.44. The molecular weight excluding hydrogens is 376 g/mol. The number of amides is 1. The van der Waals surface area contributed by atoms with Crippen molar-refractivity contribution in [3.05, 3.63) is 65.9 Å². The highest BCUT2D eigenvalue weighted by atomic mass is 32.1. The van der Waals surface area contributed by atoms with E-state index in [0.717, 1.165) is 10.6 Å². The molecule has 3 aromatic heterocycles. The first-order chi connectivity index (χ1) is 13.6. The maximum atomic E-state index is 12.1. The third-order valence-electron chi connectivity index (χ3n) is 3.79. The molecule has 0 aliphatic heterocycles. The molecule has 0 aliphatic rings. The van der Waals surface area contributed by atoms with Crippen LogP contribution in [0.2, 0.25) is 0 Å². The van der Waals surface area contributed by atoms with E-state index in [9.17, 15) is 4.79 Å². The second-order valence-electron chi connectivity index (χ2n) is 6.25. The third kappa shape index (κ3) is 3.81. The molecule has 0 saturated heterocycles. The minimum absolute atomic E-state index is 0.0220. The van der Waals surface area contributed by atoms with E-state index < -0.39 is 0 Å². The van der Waals surface area contributed by atoms with Crippen LogP contribution in [0.5, 0.6) is 6.01 Å². The normalized spacial score (nSPS) is 11.0. The summed E-state index contributed by atoms with van der Waals surface area (Å²) in [7, 11) is 0. The van der Waals surface area contributed by atoms with E-state index in [1.165, 1.54) is 6.26 Å². The molecule has 1 aromatic carbocycles. The molecule has 4 aromatic rings. The van der Waals surface area contributed by atoms with Crippen LogP contribution in [0.3, 0.4) is 0 Å². The van der Waals surface area contributed by atoms with Gasteiger partial charge in [0.25, 0.3) is 5.91 Å². The monoisotopic (exact) mass is 394 g/mol. The Bertz CT molecular complexity index is 1050. The zero-order chi connectivity index (χ0) is 19.5. The van der Waals surface area contributed by atoms with Gasteiger partial charge in [0.15, 0.2) is 11.6 Å². The smallest absolute Gasteiger partial charge is 0.336 e. The quantitative estimate of drug-likeness (QED) is 0.516. The average molecular weight is 394 g/mol. The van der Waals surface area contributed by atoms with E-state index in [1.54, 1.807) is 40.3 Å². The number of thiophene rings is 1. The molecular formula is C20H18N4O3S. The summed E-state index contributed by atoms with van der Waals surface area (Å²) in [5.41, 5.74) is 1.46. The Morgan fingerprint density at radius 3 is 2.64 bits per heavy atom. The van der Waals surface area contributed by atoms with Gasteiger partial charge in [-0.1, -0.05) is 6.07 Å². The van der Waals surface area contributed by atoms with Crippen molar-refractivity contribution in [1.29, 1.82) is 0 Å². The summed E-state index contributed by atoms with van der Waals surface area (Å²) in [6, 6.07) is 14.9. The van der Waals surface area contributed by atoms with Crippen molar-refractivity contribution in [1.82, 2.24) is 14.8 Å². The highest BCUT2D eigenvalue weighted by Gasteiger charge is 2.16. The molecule has 0 spiro atoms. The van der Waals surface area contributed by atoms with Gasteiger partial charge in [-0.05, 0) is 61.7 Å². The minimum atomic E-state index is -0.301. The van der Waals surface area contributed by atoms with Crippen molar-refractivity contribution in [2.24, 2.45) is 0 Å². The fraction of sp³-hybridized carbons (Fsp3) is 0.150. The first kappa shape index (κ1) is 18.0. The highest BCUT2D eigenvalue weighted by Crippen LogP contribution is 2.28. The lowest BCUT2D eigenvalue weighted by Crippen LogP contribution is -2.10. The molecule has 0 aliphatic carbocycles. The number of rotatable bonds is 6. The van der Waals surface area contributed by atoms with Crippen LogP contribution in [0.15, 0.2) is 64.6 Å². The number of hydrogen-bond acceptors (Lipinski definition) is 6. The van der Waals surface area contributed by atoms with Crippen LogP contribution in [0.25, 0.3) is 16.4 Å². The number of aromatic nitrogens is 3. The van der Waals surface area contributed by atoms with Gasteiger partial charge in [0, 0.05) is 5.69 Å². The molecule has 0 atom stereocenters. The Balaban J connectivity index is 1.61. The standard InChI is InChI=1S/C20H18N4O3S/c1-13(2)27-20-22-18(17-6-4-12-28-17)24(23-20)15-9-7-14(8-10-15)21-19(25)16-5-3-11-26-16/h3-13H,1-2H3,(H,21,25). The molecule has 7 nitrogen and oxygen atoms in total. The summed E-state index contributed by atoms with van der Waals surface area (Å²) in [4.78, 5) is 17.6. The van der Waals surface area contributed by atoms with Crippen LogP contribution in [0.4, 0.5) is 5.69 Å². The van der Waals surface area contributed by atoms with Crippen LogP contribution in [0.1, 0.15) is 24.4 Å². The number of anilines is 1. The number of carbonyl (C=O) groups is 1. The van der Waals surface area contributed by atoms with Crippen molar-refractivity contribution in [2.75, 3.05) is 5.32 Å². The van der Waals surface area contributed by atoms with E-state index in [2.05, 4.69) is 15.4 Å². The SMILES string of the molecule is CC(C)Oc1nc(-c2cccs2)n(-c2ccc(NC(=O)c3ccco3)cc2)n1. The Kier molecular flexibility index (Phi) is 4.94. The molecule has 0 radical (unpaired) electrons. The molecule has 1 amide bonds. The number of nitrogens with zero attached hydrogens (tertiary/aromatic N) is 3. The number of ether oxygens (including phenoxy) is 1. The molecule has 142 valence electrons. The molecule has 0 saturated carbocycles. The predicted molar refractivity (Wildman–Crippen MR) is 107 cm³/mol. The maximum Gasteiger partial charge on any atom is 0.336 e. The van der Waals surface area contributed by atoms with E-state index in [-0.39, 0.29) is 17.8 Å². The predicted octanol–water partition coefficient (Wildman–Crippen LogP) is 4.63. The number of furan rings is 1. The van der Waals surface area contributed by atoms with Crippen molar-refractivity contribution >= 4 is 22.9 Å². The van der Waals surface area contributed by atoms with Crippen LogP contribution in [-0.4, -0.2) is 26.8 Å². The maximum absolute atomic E-state index is 12.1. The second kappa shape index (κ2) is 7.69. The Morgan fingerprint density at radius 2 is 2.00 bits per heavy atom.